The second kappa shape index (κ2) is 13.1. The van der Waals surface area contributed by atoms with Crippen molar-refractivity contribution in [3.05, 3.63) is 194 Å². The summed E-state index contributed by atoms with van der Waals surface area (Å²) in [5.74, 6) is 0. The molecule has 0 atom stereocenters. The quantitative estimate of drug-likeness (QED) is 0.172. The average Bonchev–Trinajstić information content (AvgIpc) is 3.86. The van der Waals surface area contributed by atoms with Crippen LogP contribution in [-0.4, -0.2) is 9.97 Å². The summed E-state index contributed by atoms with van der Waals surface area (Å²) in [5, 5.41) is 4.41. The van der Waals surface area contributed by atoms with Crippen LogP contribution in [0.25, 0.3) is 111 Å². The second-order valence-corrected chi connectivity index (χ2v) is 14.1. The minimum Gasteiger partial charge on any atom is -0.455 e. The zero-order chi connectivity index (χ0) is 37.0. The van der Waals surface area contributed by atoms with Gasteiger partial charge >= 0.3 is 0 Å². The summed E-state index contributed by atoms with van der Waals surface area (Å²) >= 11 is 0. The fourth-order valence-corrected chi connectivity index (χ4v) is 8.15. The predicted molar refractivity (Wildman–Crippen MR) is 229 cm³/mol. The van der Waals surface area contributed by atoms with E-state index >= 15 is 0 Å². The van der Waals surface area contributed by atoms with Crippen LogP contribution in [0.1, 0.15) is 0 Å². The van der Waals surface area contributed by atoms with Gasteiger partial charge in [-0.25, -0.2) is 9.97 Å². The van der Waals surface area contributed by atoms with Gasteiger partial charge in [-0.05, 0) is 40.5 Å². The summed E-state index contributed by atoms with van der Waals surface area (Å²) in [7, 11) is 0. The molecule has 0 spiro atoms. The third kappa shape index (κ3) is 5.31. The highest BCUT2D eigenvalue weighted by molar-refractivity contribution is 6.14. The Hall–Kier alpha value is -7.56. The van der Waals surface area contributed by atoms with E-state index in [1.165, 1.54) is 0 Å². The third-order valence-corrected chi connectivity index (χ3v) is 10.8. The van der Waals surface area contributed by atoms with Gasteiger partial charge in [0.1, 0.15) is 28.7 Å². The molecule has 0 amide bonds. The van der Waals surface area contributed by atoms with Gasteiger partial charge in [-0.2, -0.15) is 0 Å². The van der Waals surface area contributed by atoms with Gasteiger partial charge in [-0.15, -0.1) is 0 Å². The molecule has 0 bridgehead atoms. The zero-order valence-corrected chi connectivity index (χ0v) is 30.2. The van der Waals surface area contributed by atoms with E-state index in [-0.39, 0.29) is 0 Å². The highest BCUT2D eigenvalue weighted by atomic mass is 16.3. The molecule has 8 aromatic carbocycles. The number of rotatable bonds is 6. The molecule has 0 unspecified atom stereocenters. The monoisotopic (exact) mass is 716 g/mol. The Kier molecular flexibility index (Phi) is 7.46. The predicted octanol–water partition coefficient (Wildman–Crippen LogP) is 14.3. The number of furan rings is 2. The molecule has 0 radical (unpaired) electrons. The van der Waals surface area contributed by atoms with Crippen LogP contribution in [0.2, 0.25) is 0 Å². The molecular formula is C52H32N2O2. The Bertz CT molecular complexity index is 3030. The Morgan fingerprint density at radius 3 is 0.982 bits per heavy atom. The van der Waals surface area contributed by atoms with Gasteiger partial charge in [0.2, 0.25) is 0 Å². The third-order valence-electron chi connectivity index (χ3n) is 10.8. The molecule has 56 heavy (non-hydrogen) atoms. The molecule has 0 aliphatic heterocycles. The maximum absolute atomic E-state index is 6.73. The van der Waals surface area contributed by atoms with Gasteiger partial charge < -0.3 is 8.83 Å². The number of nitrogens with zero attached hydrogens (tertiary/aromatic N) is 2. The van der Waals surface area contributed by atoms with Crippen molar-refractivity contribution >= 4 is 43.9 Å². The van der Waals surface area contributed by atoms with E-state index in [1.54, 1.807) is 6.33 Å². The number of para-hydroxylation sites is 4. The van der Waals surface area contributed by atoms with E-state index in [9.17, 15) is 0 Å². The second-order valence-electron chi connectivity index (χ2n) is 14.1. The van der Waals surface area contributed by atoms with E-state index in [2.05, 4.69) is 176 Å². The molecule has 0 aliphatic carbocycles. The first-order chi connectivity index (χ1) is 27.8. The van der Waals surface area contributed by atoms with Crippen LogP contribution in [0.3, 0.4) is 0 Å². The molecule has 3 aromatic heterocycles. The highest BCUT2D eigenvalue weighted by Crippen LogP contribution is 2.42. The van der Waals surface area contributed by atoms with Gasteiger partial charge in [-0.1, -0.05) is 170 Å². The van der Waals surface area contributed by atoms with Crippen molar-refractivity contribution in [1.29, 1.82) is 0 Å². The fourth-order valence-electron chi connectivity index (χ4n) is 8.15. The standard InChI is InChI=1S/C52H32N2O2/c1-3-13-33(14-4-1)39-21-9-25-43-45-27-11-23-41(51(45)55-49(39)43)35-17-7-19-37(29-35)47-31-48(54-32-53-47)38-20-8-18-36(30-38)42-24-12-28-46-44-26-10-22-40(50(44)56-52(42)46)34-15-5-2-6-16-34/h1-32H. The van der Waals surface area contributed by atoms with Crippen molar-refractivity contribution in [1.82, 2.24) is 9.97 Å². The SMILES string of the molecule is c1ccc(-c2cccc3c2oc2c(-c4cccc(-c5cc(-c6cccc(-c7cccc8c7oc7c(-c9ccccc9)cccc78)c6)ncn5)c4)cccc23)cc1. The van der Waals surface area contributed by atoms with Crippen molar-refractivity contribution < 1.29 is 8.83 Å². The number of hydrogen-bond donors (Lipinski definition) is 0. The van der Waals surface area contributed by atoms with E-state index < -0.39 is 0 Å². The number of hydrogen-bond acceptors (Lipinski definition) is 4. The van der Waals surface area contributed by atoms with Gasteiger partial charge in [0.05, 0.1) is 11.4 Å². The van der Waals surface area contributed by atoms with Crippen molar-refractivity contribution in [2.75, 3.05) is 0 Å². The van der Waals surface area contributed by atoms with Crippen LogP contribution in [0, 0.1) is 0 Å². The lowest BCUT2D eigenvalue weighted by molar-refractivity contribution is 0.670. The van der Waals surface area contributed by atoms with Crippen LogP contribution in [0.4, 0.5) is 0 Å². The molecule has 0 N–H and O–H groups in total. The normalized spacial score (nSPS) is 11.6. The first-order valence-electron chi connectivity index (χ1n) is 18.8. The largest absolute Gasteiger partial charge is 0.455 e. The molecule has 3 heterocycles. The van der Waals surface area contributed by atoms with Crippen molar-refractivity contribution in [3.8, 4) is 67.0 Å². The lowest BCUT2D eigenvalue weighted by Gasteiger charge is -2.09. The van der Waals surface area contributed by atoms with Crippen molar-refractivity contribution in [3.63, 3.8) is 0 Å². The van der Waals surface area contributed by atoms with E-state index in [1.807, 2.05) is 12.1 Å². The van der Waals surface area contributed by atoms with Crippen LogP contribution < -0.4 is 0 Å². The van der Waals surface area contributed by atoms with Crippen LogP contribution in [0.5, 0.6) is 0 Å². The summed E-state index contributed by atoms with van der Waals surface area (Å²) in [5.41, 5.74) is 15.9. The Morgan fingerprint density at radius 2 is 0.589 bits per heavy atom. The molecule has 0 saturated carbocycles. The van der Waals surface area contributed by atoms with E-state index in [0.717, 1.165) is 111 Å². The Balaban J connectivity index is 0.963. The first-order valence-corrected chi connectivity index (χ1v) is 18.8. The first kappa shape index (κ1) is 31.9. The molecule has 4 nitrogen and oxygen atoms in total. The fraction of sp³-hybridized carbons (Fsp3) is 0. The summed E-state index contributed by atoms with van der Waals surface area (Å²) in [6.45, 7) is 0. The lowest BCUT2D eigenvalue weighted by atomic mass is 9.97. The van der Waals surface area contributed by atoms with E-state index in [0.29, 0.717) is 0 Å². The topological polar surface area (TPSA) is 52.1 Å². The molecule has 262 valence electrons. The summed E-state index contributed by atoms with van der Waals surface area (Å²) in [6.07, 6.45) is 1.65. The van der Waals surface area contributed by atoms with Gasteiger partial charge in [0.25, 0.3) is 0 Å². The number of benzene rings is 8. The molecule has 11 aromatic rings. The summed E-state index contributed by atoms with van der Waals surface area (Å²) in [6, 6.07) is 65.5. The number of aromatic nitrogens is 2. The number of fused-ring (bicyclic) bond motifs is 6. The van der Waals surface area contributed by atoms with Crippen LogP contribution in [0.15, 0.2) is 203 Å². The molecule has 4 heteroatoms. The minimum atomic E-state index is 0.846. The van der Waals surface area contributed by atoms with E-state index in [4.69, 9.17) is 18.8 Å². The van der Waals surface area contributed by atoms with Crippen molar-refractivity contribution in [2.24, 2.45) is 0 Å². The Labute approximate surface area is 323 Å². The summed E-state index contributed by atoms with van der Waals surface area (Å²) < 4.78 is 13.5. The molecule has 11 rings (SSSR count). The highest BCUT2D eigenvalue weighted by Gasteiger charge is 2.18. The zero-order valence-electron chi connectivity index (χ0n) is 30.2. The van der Waals surface area contributed by atoms with Crippen LogP contribution in [-0.2, 0) is 0 Å². The van der Waals surface area contributed by atoms with Gasteiger partial charge in [0, 0.05) is 54.9 Å². The lowest BCUT2D eigenvalue weighted by Crippen LogP contribution is -1.90. The van der Waals surface area contributed by atoms with Gasteiger partial charge in [0.15, 0.2) is 0 Å². The smallest absolute Gasteiger partial charge is 0.143 e. The Morgan fingerprint density at radius 1 is 0.268 bits per heavy atom. The molecule has 0 aliphatic rings. The summed E-state index contributed by atoms with van der Waals surface area (Å²) in [4.78, 5) is 9.48. The van der Waals surface area contributed by atoms with Crippen molar-refractivity contribution in [2.45, 2.75) is 0 Å². The maximum Gasteiger partial charge on any atom is 0.143 e. The molecule has 0 saturated heterocycles. The van der Waals surface area contributed by atoms with Gasteiger partial charge in [-0.3, -0.25) is 0 Å². The average molecular weight is 717 g/mol. The molecular weight excluding hydrogens is 685 g/mol. The maximum atomic E-state index is 6.73. The van der Waals surface area contributed by atoms with Crippen LogP contribution >= 0.6 is 0 Å². The minimum absolute atomic E-state index is 0.846. The molecule has 0 fully saturated rings.